The monoisotopic (exact) mass is 287 g/mol. The first kappa shape index (κ1) is 14.4. The summed E-state index contributed by atoms with van der Waals surface area (Å²) in [5, 5.41) is 6.63. The minimum Gasteiger partial charge on any atom is -0.361 e. The van der Waals surface area contributed by atoms with Crippen LogP contribution in [-0.4, -0.2) is 31.6 Å². The van der Waals surface area contributed by atoms with Crippen molar-refractivity contribution in [3.05, 3.63) is 29.8 Å². The summed E-state index contributed by atoms with van der Waals surface area (Å²) in [7, 11) is 0. The molecule has 0 bridgehead atoms. The van der Waals surface area contributed by atoms with Gasteiger partial charge in [0.05, 0.1) is 6.54 Å². The van der Waals surface area contributed by atoms with Gasteiger partial charge in [-0.1, -0.05) is 37.5 Å². The smallest absolute Gasteiger partial charge is 0.239 e. The maximum atomic E-state index is 12.3. The molecular weight excluding hydrogens is 262 g/mol. The minimum absolute atomic E-state index is 0.165. The van der Waals surface area contributed by atoms with E-state index in [1.54, 1.807) is 0 Å². The third-order valence-corrected chi connectivity index (χ3v) is 4.51. The van der Waals surface area contributed by atoms with E-state index in [0.29, 0.717) is 12.6 Å². The number of carbonyl (C=O) groups is 1. The number of carbonyl (C=O) groups excluding carboxylic acids is 1. The summed E-state index contributed by atoms with van der Waals surface area (Å²) < 4.78 is 0. The molecule has 1 heterocycles. The molecule has 114 valence electrons. The highest BCUT2D eigenvalue weighted by Gasteiger charge is 2.20. The normalized spacial score (nSPS) is 19.7. The van der Waals surface area contributed by atoms with Gasteiger partial charge in [0.1, 0.15) is 0 Å². The molecule has 0 atom stereocenters. The Morgan fingerprint density at radius 2 is 2.05 bits per heavy atom. The van der Waals surface area contributed by atoms with Crippen LogP contribution in [0.5, 0.6) is 0 Å². The van der Waals surface area contributed by atoms with Crippen molar-refractivity contribution in [2.24, 2.45) is 0 Å². The van der Waals surface area contributed by atoms with Crippen LogP contribution in [0.15, 0.2) is 24.3 Å². The molecule has 0 unspecified atom stereocenters. The molecule has 1 aromatic rings. The van der Waals surface area contributed by atoms with Gasteiger partial charge in [-0.3, -0.25) is 4.79 Å². The van der Waals surface area contributed by atoms with Gasteiger partial charge in [0.25, 0.3) is 0 Å². The van der Waals surface area contributed by atoms with Gasteiger partial charge >= 0.3 is 0 Å². The summed E-state index contributed by atoms with van der Waals surface area (Å²) in [6, 6.07) is 8.77. The van der Waals surface area contributed by atoms with Crippen LogP contribution in [0.4, 0.5) is 5.69 Å². The third kappa shape index (κ3) is 3.76. The molecule has 2 N–H and O–H groups in total. The quantitative estimate of drug-likeness (QED) is 0.894. The number of nitrogens with zero attached hydrogens (tertiary/aromatic N) is 1. The second kappa shape index (κ2) is 6.94. The van der Waals surface area contributed by atoms with Gasteiger partial charge in [-0.2, -0.15) is 0 Å². The summed E-state index contributed by atoms with van der Waals surface area (Å²) in [6.07, 6.45) is 6.11. The summed E-state index contributed by atoms with van der Waals surface area (Å²) in [6.45, 7) is 3.16. The van der Waals surface area contributed by atoms with Crippen molar-refractivity contribution in [3.8, 4) is 0 Å². The van der Waals surface area contributed by atoms with Crippen LogP contribution in [0.1, 0.15) is 37.7 Å². The number of anilines is 1. The Hall–Kier alpha value is -1.55. The van der Waals surface area contributed by atoms with E-state index in [4.69, 9.17) is 0 Å². The maximum Gasteiger partial charge on any atom is 0.239 e. The van der Waals surface area contributed by atoms with Gasteiger partial charge in [0.15, 0.2) is 0 Å². The highest BCUT2D eigenvalue weighted by molar-refractivity contribution is 5.82. The summed E-state index contributed by atoms with van der Waals surface area (Å²) in [5.41, 5.74) is 2.47. The van der Waals surface area contributed by atoms with Crippen LogP contribution in [0.25, 0.3) is 0 Å². The molecule has 21 heavy (non-hydrogen) atoms. The highest BCUT2D eigenvalue weighted by Crippen LogP contribution is 2.22. The van der Waals surface area contributed by atoms with E-state index >= 15 is 0 Å². The molecule has 0 spiro atoms. The lowest BCUT2D eigenvalue weighted by atomic mass is 9.95. The van der Waals surface area contributed by atoms with Crippen molar-refractivity contribution in [1.29, 1.82) is 0 Å². The number of rotatable bonds is 3. The van der Waals surface area contributed by atoms with Crippen LogP contribution in [0.2, 0.25) is 0 Å². The van der Waals surface area contributed by atoms with Gasteiger partial charge in [-0.15, -0.1) is 0 Å². The maximum absolute atomic E-state index is 12.3. The van der Waals surface area contributed by atoms with E-state index < -0.39 is 0 Å². The first-order valence-corrected chi connectivity index (χ1v) is 8.16. The molecule has 1 aliphatic carbocycles. The highest BCUT2D eigenvalue weighted by atomic mass is 16.2. The molecule has 1 saturated carbocycles. The van der Waals surface area contributed by atoms with E-state index in [2.05, 4.69) is 39.8 Å². The van der Waals surface area contributed by atoms with Crippen molar-refractivity contribution < 1.29 is 4.79 Å². The van der Waals surface area contributed by atoms with Crippen molar-refractivity contribution in [2.45, 2.75) is 44.7 Å². The fourth-order valence-electron chi connectivity index (χ4n) is 3.38. The number of nitrogens with one attached hydrogen (secondary N) is 2. The molecule has 0 radical (unpaired) electrons. The van der Waals surface area contributed by atoms with E-state index in [1.165, 1.54) is 30.5 Å². The number of fused-ring (bicyclic) bond motifs is 1. The van der Waals surface area contributed by atoms with Crippen molar-refractivity contribution >= 4 is 11.6 Å². The predicted molar refractivity (Wildman–Crippen MR) is 85.4 cm³/mol. The molecule has 2 aliphatic rings. The lowest BCUT2D eigenvalue weighted by molar-refractivity contribution is -0.120. The Bertz CT molecular complexity index is 483. The molecule has 1 amide bonds. The largest absolute Gasteiger partial charge is 0.361 e. The molecule has 3 rings (SSSR count). The third-order valence-electron chi connectivity index (χ3n) is 4.51. The molecule has 1 aliphatic heterocycles. The number of hydrogen-bond acceptors (Lipinski definition) is 3. The average Bonchev–Trinajstić information content (AvgIpc) is 2.71. The topological polar surface area (TPSA) is 44.4 Å². The van der Waals surface area contributed by atoms with Gasteiger partial charge in [0, 0.05) is 31.4 Å². The zero-order valence-electron chi connectivity index (χ0n) is 12.6. The predicted octanol–water partition coefficient (Wildman–Crippen LogP) is 2.05. The molecule has 0 saturated heterocycles. The lowest BCUT2D eigenvalue weighted by Crippen LogP contribution is -2.44. The van der Waals surface area contributed by atoms with Crippen LogP contribution in [0, 0.1) is 0 Å². The first-order chi connectivity index (χ1) is 10.3. The standard InChI is InChI=1S/C17H25N3O/c21-17(19-15-7-2-1-3-8-15)13-20-11-10-18-12-14-6-4-5-9-16(14)20/h4-6,9,15,18H,1-3,7-8,10-13H2,(H,19,21). The van der Waals surface area contributed by atoms with Gasteiger partial charge in [0.2, 0.25) is 5.91 Å². The first-order valence-electron chi connectivity index (χ1n) is 8.16. The molecule has 1 fully saturated rings. The van der Waals surface area contributed by atoms with Crippen molar-refractivity contribution in [2.75, 3.05) is 24.5 Å². The van der Waals surface area contributed by atoms with Crippen molar-refractivity contribution in [3.63, 3.8) is 0 Å². The fourth-order valence-corrected chi connectivity index (χ4v) is 3.38. The van der Waals surface area contributed by atoms with Gasteiger partial charge < -0.3 is 15.5 Å². The van der Waals surface area contributed by atoms with E-state index in [0.717, 1.165) is 32.5 Å². The Kier molecular flexibility index (Phi) is 4.76. The lowest BCUT2D eigenvalue weighted by Gasteiger charge is -2.27. The van der Waals surface area contributed by atoms with Crippen molar-refractivity contribution in [1.82, 2.24) is 10.6 Å². The number of benzene rings is 1. The van der Waals surface area contributed by atoms with Crippen LogP contribution in [0.3, 0.4) is 0 Å². The molecule has 4 nitrogen and oxygen atoms in total. The number of hydrogen-bond donors (Lipinski definition) is 2. The Morgan fingerprint density at radius 3 is 2.90 bits per heavy atom. The van der Waals surface area contributed by atoms with Crippen LogP contribution < -0.4 is 15.5 Å². The van der Waals surface area contributed by atoms with E-state index in [-0.39, 0.29) is 5.91 Å². The molecule has 1 aromatic carbocycles. The SMILES string of the molecule is O=C(CN1CCNCc2ccccc21)NC1CCCCC1. The Labute approximate surface area is 126 Å². The number of para-hydroxylation sites is 1. The fraction of sp³-hybridized carbons (Fsp3) is 0.588. The zero-order valence-corrected chi connectivity index (χ0v) is 12.6. The number of amides is 1. The van der Waals surface area contributed by atoms with Gasteiger partial charge in [-0.05, 0) is 24.5 Å². The second-order valence-corrected chi connectivity index (χ2v) is 6.13. The van der Waals surface area contributed by atoms with Crippen LogP contribution in [-0.2, 0) is 11.3 Å². The summed E-state index contributed by atoms with van der Waals surface area (Å²) in [5.74, 6) is 0.165. The van der Waals surface area contributed by atoms with E-state index in [9.17, 15) is 4.79 Å². The van der Waals surface area contributed by atoms with Gasteiger partial charge in [-0.25, -0.2) is 0 Å². The Morgan fingerprint density at radius 1 is 1.24 bits per heavy atom. The minimum atomic E-state index is 0.165. The van der Waals surface area contributed by atoms with E-state index in [1.807, 2.05) is 0 Å². The van der Waals surface area contributed by atoms with Crippen LogP contribution >= 0.6 is 0 Å². The summed E-state index contributed by atoms with van der Waals surface area (Å²) in [4.78, 5) is 14.5. The average molecular weight is 287 g/mol. The molecule has 4 heteroatoms. The Balaban J connectivity index is 1.62. The molecule has 0 aromatic heterocycles. The summed E-state index contributed by atoms with van der Waals surface area (Å²) >= 11 is 0. The zero-order chi connectivity index (χ0) is 14.5. The second-order valence-electron chi connectivity index (χ2n) is 6.13. The molecular formula is C17H25N3O.